The van der Waals surface area contributed by atoms with E-state index < -0.39 is 0 Å². The third-order valence-corrected chi connectivity index (χ3v) is 3.39. The van der Waals surface area contributed by atoms with Crippen LogP contribution in [0.15, 0.2) is 36.4 Å². The van der Waals surface area contributed by atoms with Crippen LogP contribution >= 0.6 is 11.6 Å². The lowest BCUT2D eigenvalue weighted by Crippen LogP contribution is -2.02. The van der Waals surface area contributed by atoms with Crippen LogP contribution in [0.2, 0.25) is 5.02 Å². The van der Waals surface area contributed by atoms with Crippen LogP contribution in [0.3, 0.4) is 0 Å². The molecule has 0 aromatic heterocycles. The first-order valence-corrected chi connectivity index (χ1v) is 6.47. The molecule has 0 radical (unpaired) electrons. The van der Waals surface area contributed by atoms with Gasteiger partial charge in [-0.1, -0.05) is 35.4 Å². The minimum atomic E-state index is 0.604. The summed E-state index contributed by atoms with van der Waals surface area (Å²) < 4.78 is 0. The van der Waals surface area contributed by atoms with Crippen LogP contribution in [0.1, 0.15) is 22.3 Å². The molecule has 0 unspecified atom stereocenters. The van der Waals surface area contributed by atoms with Gasteiger partial charge in [-0.05, 0) is 43.2 Å². The molecule has 0 aliphatic rings. The number of hydrogen-bond donors (Lipinski definition) is 1. The van der Waals surface area contributed by atoms with Crippen LogP contribution in [0, 0.1) is 25.2 Å². The van der Waals surface area contributed by atoms with Crippen molar-refractivity contribution in [1.82, 2.24) is 0 Å². The number of nitrogens with one attached hydrogen (secondary N) is 1. The second-order valence-corrected chi connectivity index (χ2v) is 5.00. The number of nitriles is 1. The first-order valence-electron chi connectivity index (χ1n) is 6.10. The third-order valence-electron chi connectivity index (χ3n) is 3.06. The molecule has 0 bridgehead atoms. The summed E-state index contributed by atoms with van der Waals surface area (Å²) in [4.78, 5) is 0. The molecule has 19 heavy (non-hydrogen) atoms. The molecule has 0 amide bonds. The molecular weight excluding hydrogens is 256 g/mol. The van der Waals surface area contributed by atoms with E-state index in [-0.39, 0.29) is 0 Å². The Balaban J connectivity index is 2.16. The zero-order valence-electron chi connectivity index (χ0n) is 11.0. The molecule has 0 fully saturated rings. The lowest BCUT2D eigenvalue weighted by molar-refractivity contribution is 1.11. The summed E-state index contributed by atoms with van der Waals surface area (Å²) in [6, 6.07) is 13.7. The van der Waals surface area contributed by atoms with Gasteiger partial charge in [0.1, 0.15) is 0 Å². The van der Waals surface area contributed by atoms with Crippen LogP contribution in [0.4, 0.5) is 5.69 Å². The standard InChI is InChI=1S/C16H15ClN2/c1-11-3-5-14(12(2)7-11)10-19-16-8-13(9-18)4-6-15(16)17/h3-8,19H,10H2,1-2H3. The van der Waals surface area contributed by atoms with Gasteiger partial charge in [-0.2, -0.15) is 5.26 Å². The zero-order chi connectivity index (χ0) is 13.8. The summed E-state index contributed by atoms with van der Waals surface area (Å²) in [6.07, 6.45) is 0. The fraction of sp³-hybridized carbons (Fsp3) is 0.188. The molecule has 0 saturated carbocycles. The van der Waals surface area contributed by atoms with Crippen molar-refractivity contribution in [3.05, 3.63) is 63.7 Å². The molecule has 0 heterocycles. The summed E-state index contributed by atoms with van der Waals surface area (Å²) >= 11 is 6.11. The van der Waals surface area contributed by atoms with Crippen LogP contribution in [-0.2, 0) is 6.54 Å². The average molecular weight is 271 g/mol. The maximum atomic E-state index is 8.89. The Morgan fingerprint density at radius 3 is 2.63 bits per heavy atom. The summed E-state index contributed by atoms with van der Waals surface area (Å²) in [5, 5.41) is 12.8. The van der Waals surface area contributed by atoms with E-state index >= 15 is 0 Å². The molecule has 0 aliphatic heterocycles. The highest BCUT2D eigenvalue weighted by Gasteiger charge is 2.03. The minimum absolute atomic E-state index is 0.604. The van der Waals surface area contributed by atoms with Gasteiger partial charge in [0.15, 0.2) is 0 Å². The van der Waals surface area contributed by atoms with Crippen molar-refractivity contribution in [3.8, 4) is 6.07 Å². The van der Waals surface area contributed by atoms with Crippen molar-refractivity contribution in [1.29, 1.82) is 5.26 Å². The van der Waals surface area contributed by atoms with Gasteiger partial charge in [-0.3, -0.25) is 0 Å². The highest BCUT2D eigenvalue weighted by molar-refractivity contribution is 6.33. The van der Waals surface area contributed by atoms with E-state index in [4.69, 9.17) is 16.9 Å². The molecule has 0 spiro atoms. The van der Waals surface area contributed by atoms with Gasteiger partial charge in [0, 0.05) is 6.54 Å². The smallest absolute Gasteiger partial charge is 0.0992 e. The molecule has 3 heteroatoms. The minimum Gasteiger partial charge on any atom is -0.380 e. The highest BCUT2D eigenvalue weighted by Crippen LogP contribution is 2.24. The predicted octanol–water partition coefficient (Wildman–Crippen LogP) is 4.44. The van der Waals surface area contributed by atoms with E-state index in [2.05, 4.69) is 43.4 Å². The van der Waals surface area contributed by atoms with E-state index in [0.717, 1.165) is 5.69 Å². The molecular formula is C16H15ClN2. The zero-order valence-corrected chi connectivity index (χ0v) is 11.8. The molecule has 1 N–H and O–H groups in total. The third kappa shape index (κ3) is 3.27. The molecule has 2 aromatic carbocycles. The maximum absolute atomic E-state index is 8.89. The van der Waals surface area contributed by atoms with E-state index in [1.165, 1.54) is 16.7 Å². The van der Waals surface area contributed by atoms with Crippen molar-refractivity contribution >= 4 is 17.3 Å². The maximum Gasteiger partial charge on any atom is 0.0992 e. The highest BCUT2D eigenvalue weighted by atomic mass is 35.5. The normalized spacial score (nSPS) is 10.0. The number of hydrogen-bond acceptors (Lipinski definition) is 2. The summed E-state index contributed by atoms with van der Waals surface area (Å²) in [5.41, 5.74) is 5.13. The molecule has 96 valence electrons. The Morgan fingerprint density at radius 2 is 1.95 bits per heavy atom. The fourth-order valence-electron chi connectivity index (χ4n) is 1.96. The molecule has 0 aliphatic carbocycles. The van der Waals surface area contributed by atoms with E-state index in [1.807, 2.05) is 0 Å². The molecule has 2 rings (SSSR count). The summed E-state index contributed by atoms with van der Waals surface area (Å²) in [7, 11) is 0. The Morgan fingerprint density at radius 1 is 1.16 bits per heavy atom. The Bertz CT molecular complexity index is 642. The van der Waals surface area contributed by atoms with E-state index in [9.17, 15) is 0 Å². The number of halogens is 1. The molecule has 2 aromatic rings. The van der Waals surface area contributed by atoms with Gasteiger partial charge in [-0.25, -0.2) is 0 Å². The SMILES string of the molecule is Cc1ccc(CNc2cc(C#N)ccc2Cl)c(C)c1. The van der Waals surface area contributed by atoms with Gasteiger partial charge < -0.3 is 5.32 Å². The molecule has 2 nitrogen and oxygen atoms in total. The lowest BCUT2D eigenvalue weighted by Gasteiger charge is -2.11. The summed E-state index contributed by atoms with van der Waals surface area (Å²) in [5.74, 6) is 0. The average Bonchev–Trinajstić information content (AvgIpc) is 2.39. The van der Waals surface area contributed by atoms with Gasteiger partial charge in [-0.15, -0.1) is 0 Å². The van der Waals surface area contributed by atoms with E-state index in [1.54, 1.807) is 18.2 Å². The Hall–Kier alpha value is -1.98. The predicted molar refractivity (Wildman–Crippen MR) is 79.4 cm³/mol. The Kier molecular flexibility index (Phi) is 4.09. The van der Waals surface area contributed by atoms with Gasteiger partial charge in [0.2, 0.25) is 0 Å². The Labute approximate surface area is 118 Å². The van der Waals surface area contributed by atoms with Gasteiger partial charge >= 0.3 is 0 Å². The first-order chi connectivity index (χ1) is 9.10. The molecule has 0 atom stereocenters. The number of nitrogens with zero attached hydrogens (tertiary/aromatic N) is 1. The second kappa shape index (κ2) is 5.77. The number of aryl methyl sites for hydroxylation is 2. The van der Waals surface area contributed by atoms with E-state index in [0.29, 0.717) is 17.1 Å². The number of benzene rings is 2. The van der Waals surface area contributed by atoms with Crippen LogP contribution in [0.25, 0.3) is 0 Å². The topological polar surface area (TPSA) is 35.8 Å². The van der Waals surface area contributed by atoms with Crippen molar-refractivity contribution < 1.29 is 0 Å². The largest absolute Gasteiger partial charge is 0.380 e. The van der Waals surface area contributed by atoms with Crippen molar-refractivity contribution in [2.75, 3.05) is 5.32 Å². The van der Waals surface area contributed by atoms with Gasteiger partial charge in [0.05, 0.1) is 22.3 Å². The van der Waals surface area contributed by atoms with Crippen LogP contribution in [-0.4, -0.2) is 0 Å². The van der Waals surface area contributed by atoms with Crippen molar-refractivity contribution in [2.24, 2.45) is 0 Å². The fourth-order valence-corrected chi connectivity index (χ4v) is 2.15. The lowest BCUT2D eigenvalue weighted by atomic mass is 10.1. The monoisotopic (exact) mass is 270 g/mol. The quantitative estimate of drug-likeness (QED) is 0.895. The van der Waals surface area contributed by atoms with Crippen molar-refractivity contribution in [3.63, 3.8) is 0 Å². The van der Waals surface area contributed by atoms with Crippen LogP contribution < -0.4 is 5.32 Å². The summed E-state index contributed by atoms with van der Waals surface area (Å²) in [6.45, 7) is 4.87. The number of anilines is 1. The molecule has 0 saturated heterocycles. The first kappa shape index (κ1) is 13.5. The second-order valence-electron chi connectivity index (χ2n) is 4.59. The van der Waals surface area contributed by atoms with Crippen molar-refractivity contribution in [2.45, 2.75) is 20.4 Å². The van der Waals surface area contributed by atoms with Gasteiger partial charge in [0.25, 0.3) is 0 Å². The number of rotatable bonds is 3. The van der Waals surface area contributed by atoms with Crippen LogP contribution in [0.5, 0.6) is 0 Å².